The quantitative estimate of drug-likeness (QED) is 0.398. The van der Waals surface area contributed by atoms with Gasteiger partial charge in [0.25, 0.3) is 0 Å². The Bertz CT molecular complexity index is 280. The predicted molar refractivity (Wildman–Crippen MR) is 51.3 cm³/mol. The highest BCUT2D eigenvalue weighted by molar-refractivity contribution is 5.89. The van der Waals surface area contributed by atoms with Gasteiger partial charge in [0.15, 0.2) is 0 Å². The highest BCUT2D eigenvalue weighted by atomic mass is 16.6. The van der Waals surface area contributed by atoms with Gasteiger partial charge in [0, 0.05) is 11.5 Å². The van der Waals surface area contributed by atoms with E-state index in [0.29, 0.717) is 13.0 Å². The van der Waals surface area contributed by atoms with Crippen LogP contribution in [0.5, 0.6) is 0 Å². The number of carboxylic acid groups (broad SMARTS) is 1. The third kappa shape index (κ3) is 3.71. The molecule has 0 amide bonds. The van der Waals surface area contributed by atoms with Crippen LogP contribution in [0.3, 0.4) is 0 Å². The molecule has 1 heterocycles. The van der Waals surface area contributed by atoms with Gasteiger partial charge >= 0.3 is 11.9 Å². The van der Waals surface area contributed by atoms with Crippen molar-refractivity contribution in [2.24, 2.45) is 5.92 Å². The monoisotopic (exact) mass is 214 g/mol. The Labute approximate surface area is 87.7 Å². The van der Waals surface area contributed by atoms with E-state index in [0.717, 1.165) is 0 Å². The smallest absolute Gasteiger partial charge is 0.333 e. The summed E-state index contributed by atoms with van der Waals surface area (Å²) in [6, 6.07) is 0. The normalized spacial score (nSPS) is 20.5. The van der Waals surface area contributed by atoms with Crippen molar-refractivity contribution in [1.82, 2.24) is 0 Å². The molecule has 0 aliphatic carbocycles. The lowest BCUT2D eigenvalue weighted by Gasteiger charge is -2.14. The van der Waals surface area contributed by atoms with Gasteiger partial charge in [0.05, 0.1) is 26.2 Å². The molecule has 1 N–H and O–H groups in total. The first-order chi connectivity index (χ1) is 7.04. The van der Waals surface area contributed by atoms with E-state index < -0.39 is 17.9 Å². The topological polar surface area (TPSA) is 76.1 Å². The summed E-state index contributed by atoms with van der Waals surface area (Å²) in [5.41, 5.74) is 0.204. The summed E-state index contributed by atoms with van der Waals surface area (Å²) in [4.78, 5) is 21.8. The molecular weight excluding hydrogens is 200 g/mol. The SMILES string of the molecule is C=C(C(=O)OC)C(CC(=O)O)CC1CO1. The maximum atomic E-state index is 11.2. The average Bonchev–Trinajstić information content (AvgIpc) is 2.97. The Morgan fingerprint density at radius 2 is 2.27 bits per heavy atom. The number of epoxide rings is 1. The zero-order valence-electron chi connectivity index (χ0n) is 8.56. The number of aliphatic carboxylic acids is 1. The molecule has 1 fully saturated rings. The molecule has 1 aliphatic rings. The summed E-state index contributed by atoms with van der Waals surface area (Å²) in [5.74, 6) is -1.91. The average molecular weight is 214 g/mol. The standard InChI is InChI=1S/C10H14O5/c1-6(10(13)14-2)7(4-9(11)12)3-8-5-15-8/h7-8H,1,3-5H2,2H3,(H,11,12). The number of carboxylic acids is 1. The first-order valence-electron chi connectivity index (χ1n) is 4.65. The van der Waals surface area contributed by atoms with Crippen LogP contribution in [0.25, 0.3) is 0 Å². The van der Waals surface area contributed by atoms with Crippen LogP contribution in [0.15, 0.2) is 12.2 Å². The van der Waals surface area contributed by atoms with Crippen LogP contribution in [0.4, 0.5) is 0 Å². The van der Waals surface area contributed by atoms with Crippen LogP contribution >= 0.6 is 0 Å². The van der Waals surface area contributed by atoms with E-state index >= 15 is 0 Å². The summed E-state index contributed by atoms with van der Waals surface area (Å²) in [6.07, 6.45) is 0.462. The van der Waals surface area contributed by atoms with Crippen LogP contribution in [-0.4, -0.2) is 36.9 Å². The molecule has 1 saturated heterocycles. The molecule has 0 aromatic heterocycles. The van der Waals surface area contributed by atoms with E-state index in [2.05, 4.69) is 11.3 Å². The molecule has 0 aromatic carbocycles. The van der Waals surface area contributed by atoms with Crippen LogP contribution in [0, 0.1) is 5.92 Å². The van der Waals surface area contributed by atoms with E-state index in [1.165, 1.54) is 7.11 Å². The maximum Gasteiger partial charge on any atom is 0.333 e. The zero-order valence-corrected chi connectivity index (χ0v) is 8.56. The first-order valence-corrected chi connectivity index (χ1v) is 4.65. The highest BCUT2D eigenvalue weighted by Gasteiger charge is 2.31. The lowest BCUT2D eigenvalue weighted by molar-refractivity contribution is -0.138. The molecule has 0 spiro atoms. The number of rotatable bonds is 6. The predicted octanol–water partition coefficient (Wildman–Crippen LogP) is 0.595. The summed E-state index contributed by atoms with van der Waals surface area (Å²) >= 11 is 0. The molecule has 0 bridgehead atoms. The maximum absolute atomic E-state index is 11.2. The molecule has 5 heteroatoms. The van der Waals surface area contributed by atoms with Gasteiger partial charge in [-0.15, -0.1) is 0 Å². The Morgan fingerprint density at radius 3 is 2.67 bits per heavy atom. The van der Waals surface area contributed by atoms with E-state index in [1.54, 1.807) is 0 Å². The fourth-order valence-corrected chi connectivity index (χ4v) is 1.38. The molecule has 1 aliphatic heterocycles. The molecule has 2 atom stereocenters. The van der Waals surface area contributed by atoms with E-state index in [-0.39, 0.29) is 18.1 Å². The van der Waals surface area contributed by atoms with Gasteiger partial charge < -0.3 is 14.6 Å². The van der Waals surface area contributed by atoms with Crippen molar-refractivity contribution in [2.45, 2.75) is 18.9 Å². The molecule has 2 unspecified atom stereocenters. The molecule has 84 valence electrons. The van der Waals surface area contributed by atoms with E-state index in [9.17, 15) is 9.59 Å². The van der Waals surface area contributed by atoms with Crippen molar-refractivity contribution in [1.29, 1.82) is 0 Å². The molecule has 1 rings (SSSR count). The molecule has 0 aromatic rings. The Morgan fingerprint density at radius 1 is 1.67 bits per heavy atom. The van der Waals surface area contributed by atoms with Crippen LogP contribution in [0.2, 0.25) is 0 Å². The lowest BCUT2D eigenvalue weighted by atomic mass is 9.92. The van der Waals surface area contributed by atoms with Gasteiger partial charge in [0.2, 0.25) is 0 Å². The minimum absolute atomic E-state index is 0.0655. The van der Waals surface area contributed by atoms with Gasteiger partial charge in [0.1, 0.15) is 0 Å². The summed E-state index contributed by atoms with van der Waals surface area (Å²) in [5, 5.41) is 8.69. The number of hydrogen-bond acceptors (Lipinski definition) is 4. The van der Waals surface area contributed by atoms with Crippen molar-refractivity contribution in [2.75, 3.05) is 13.7 Å². The van der Waals surface area contributed by atoms with Gasteiger partial charge in [-0.1, -0.05) is 6.58 Å². The van der Waals surface area contributed by atoms with Crippen LogP contribution in [-0.2, 0) is 19.1 Å². The van der Waals surface area contributed by atoms with Crippen LogP contribution < -0.4 is 0 Å². The summed E-state index contributed by atoms with van der Waals surface area (Å²) in [6.45, 7) is 4.20. The van der Waals surface area contributed by atoms with Crippen LogP contribution in [0.1, 0.15) is 12.8 Å². The Kier molecular flexibility index (Phi) is 3.85. The van der Waals surface area contributed by atoms with Crippen molar-refractivity contribution < 1.29 is 24.2 Å². The van der Waals surface area contributed by atoms with Crippen molar-refractivity contribution in [3.05, 3.63) is 12.2 Å². The number of methoxy groups -OCH3 is 1. The number of esters is 1. The largest absolute Gasteiger partial charge is 0.481 e. The molecular formula is C10H14O5. The molecule has 5 nitrogen and oxygen atoms in total. The Balaban J connectivity index is 2.56. The number of carbonyl (C=O) groups excluding carboxylic acids is 1. The molecule has 15 heavy (non-hydrogen) atoms. The number of hydrogen-bond donors (Lipinski definition) is 1. The zero-order chi connectivity index (χ0) is 11.4. The highest BCUT2D eigenvalue weighted by Crippen LogP contribution is 2.27. The summed E-state index contributed by atoms with van der Waals surface area (Å²) < 4.78 is 9.50. The molecule has 0 radical (unpaired) electrons. The first kappa shape index (κ1) is 11.7. The van der Waals surface area contributed by atoms with Gasteiger partial charge in [-0.3, -0.25) is 4.79 Å². The lowest BCUT2D eigenvalue weighted by Crippen LogP contribution is -2.18. The van der Waals surface area contributed by atoms with Gasteiger partial charge in [-0.25, -0.2) is 4.79 Å². The van der Waals surface area contributed by atoms with E-state index in [1.807, 2.05) is 0 Å². The third-order valence-corrected chi connectivity index (χ3v) is 2.31. The minimum Gasteiger partial charge on any atom is -0.481 e. The van der Waals surface area contributed by atoms with Crippen molar-refractivity contribution in [3.63, 3.8) is 0 Å². The number of carbonyl (C=O) groups is 2. The second kappa shape index (κ2) is 4.93. The van der Waals surface area contributed by atoms with Crippen molar-refractivity contribution >= 4 is 11.9 Å². The van der Waals surface area contributed by atoms with Gasteiger partial charge in [-0.2, -0.15) is 0 Å². The third-order valence-electron chi connectivity index (χ3n) is 2.31. The summed E-state index contributed by atoms with van der Waals surface area (Å²) in [7, 11) is 1.25. The second-order valence-corrected chi connectivity index (χ2v) is 3.50. The minimum atomic E-state index is -0.953. The van der Waals surface area contributed by atoms with Gasteiger partial charge in [-0.05, 0) is 6.42 Å². The van der Waals surface area contributed by atoms with Crippen molar-refractivity contribution in [3.8, 4) is 0 Å². The Hall–Kier alpha value is -1.36. The fourth-order valence-electron chi connectivity index (χ4n) is 1.38. The molecule has 0 saturated carbocycles. The fraction of sp³-hybridized carbons (Fsp3) is 0.600. The number of ether oxygens (including phenoxy) is 2. The second-order valence-electron chi connectivity index (χ2n) is 3.50. The van der Waals surface area contributed by atoms with E-state index in [4.69, 9.17) is 9.84 Å².